The smallest absolute Gasteiger partial charge is 0.406 e. The third-order valence-electron chi connectivity index (χ3n) is 2.00. The maximum absolute atomic E-state index is 11.9. The Morgan fingerprint density at radius 1 is 1.38 bits per heavy atom. The summed E-state index contributed by atoms with van der Waals surface area (Å²) in [6, 6.07) is 4.51. The van der Waals surface area contributed by atoms with Crippen molar-refractivity contribution in [2.24, 2.45) is 5.73 Å². The van der Waals surface area contributed by atoms with Gasteiger partial charge in [0.25, 0.3) is 0 Å². The molecule has 16 heavy (non-hydrogen) atoms. The molecule has 0 aromatic heterocycles. The molecule has 3 N–H and O–H groups in total. The number of rotatable bonds is 3. The second-order valence-electron chi connectivity index (χ2n) is 3.39. The van der Waals surface area contributed by atoms with Gasteiger partial charge in [-0.05, 0) is 24.6 Å². The average Bonchev–Trinajstić information content (AvgIpc) is 2.14. The summed E-state index contributed by atoms with van der Waals surface area (Å²) in [4.78, 5) is 0. The van der Waals surface area contributed by atoms with Crippen molar-refractivity contribution in [3.8, 4) is 5.75 Å². The minimum Gasteiger partial charge on any atom is -0.406 e. The van der Waals surface area contributed by atoms with E-state index in [2.05, 4.69) is 4.74 Å². The fourth-order valence-electron chi connectivity index (χ4n) is 1.20. The maximum Gasteiger partial charge on any atom is 0.573 e. The summed E-state index contributed by atoms with van der Waals surface area (Å²) in [6.07, 6.45) is -5.57. The fraction of sp³-hybridized carbons (Fsp3) is 0.400. The number of benzene rings is 1. The molecule has 0 saturated carbocycles. The molecule has 3 nitrogen and oxygen atoms in total. The first-order valence-corrected chi connectivity index (χ1v) is 4.59. The van der Waals surface area contributed by atoms with Gasteiger partial charge in [-0.1, -0.05) is 12.1 Å². The third-order valence-corrected chi connectivity index (χ3v) is 2.00. The summed E-state index contributed by atoms with van der Waals surface area (Å²) < 4.78 is 39.5. The highest BCUT2D eigenvalue weighted by molar-refractivity contribution is 5.31. The van der Waals surface area contributed by atoms with Crippen LogP contribution in [-0.2, 0) is 0 Å². The van der Waals surface area contributed by atoms with E-state index in [4.69, 9.17) is 5.73 Å². The van der Waals surface area contributed by atoms with Crippen LogP contribution >= 0.6 is 0 Å². The Balaban J connectivity index is 2.87. The van der Waals surface area contributed by atoms with Gasteiger partial charge in [0.2, 0.25) is 0 Å². The molecule has 2 atom stereocenters. The molecule has 0 heterocycles. The third kappa shape index (κ3) is 3.71. The molecular weight excluding hydrogens is 223 g/mol. The van der Waals surface area contributed by atoms with Crippen LogP contribution in [0.15, 0.2) is 24.3 Å². The highest BCUT2D eigenvalue weighted by Crippen LogP contribution is 2.25. The van der Waals surface area contributed by atoms with Crippen molar-refractivity contribution in [2.75, 3.05) is 0 Å². The van der Waals surface area contributed by atoms with Gasteiger partial charge in [0.15, 0.2) is 0 Å². The minimum atomic E-state index is -4.73. The van der Waals surface area contributed by atoms with E-state index in [1.807, 2.05) is 0 Å². The zero-order valence-corrected chi connectivity index (χ0v) is 8.53. The molecule has 0 radical (unpaired) electrons. The van der Waals surface area contributed by atoms with Gasteiger partial charge in [0, 0.05) is 0 Å². The number of halogens is 3. The summed E-state index contributed by atoms with van der Waals surface area (Å²) in [5.41, 5.74) is 5.97. The topological polar surface area (TPSA) is 55.5 Å². The van der Waals surface area contributed by atoms with Crippen LogP contribution in [0.4, 0.5) is 13.2 Å². The van der Waals surface area contributed by atoms with Crippen LogP contribution in [0, 0.1) is 0 Å². The average molecular weight is 235 g/mol. The molecule has 6 heteroatoms. The molecule has 0 bridgehead atoms. The first-order chi connectivity index (χ1) is 7.29. The Kier molecular flexibility index (Phi) is 3.77. The number of hydrogen-bond acceptors (Lipinski definition) is 3. The molecule has 0 saturated heterocycles. The SMILES string of the molecule is C[C@H](O)[C@@H](N)c1cccc(OC(F)(F)F)c1. The Labute approximate surface area is 90.6 Å². The maximum atomic E-state index is 11.9. The van der Waals surface area contributed by atoms with E-state index in [1.54, 1.807) is 0 Å². The lowest BCUT2D eigenvalue weighted by atomic mass is 10.0. The molecule has 0 amide bonds. The second-order valence-corrected chi connectivity index (χ2v) is 3.39. The van der Waals surface area contributed by atoms with Gasteiger partial charge in [0.1, 0.15) is 5.75 Å². The Bertz CT molecular complexity index is 352. The number of hydrogen-bond donors (Lipinski definition) is 2. The lowest BCUT2D eigenvalue weighted by molar-refractivity contribution is -0.274. The number of aliphatic hydroxyl groups excluding tert-OH is 1. The van der Waals surface area contributed by atoms with Crippen molar-refractivity contribution < 1.29 is 23.0 Å². The fourth-order valence-corrected chi connectivity index (χ4v) is 1.20. The molecule has 0 aliphatic carbocycles. The van der Waals surface area contributed by atoms with Crippen LogP contribution in [-0.4, -0.2) is 17.6 Å². The van der Waals surface area contributed by atoms with Crippen LogP contribution in [0.1, 0.15) is 18.5 Å². The highest BCUT2D eigenvalue weighted by Gasteiger charge is 2.31. The zero-order chi connectivity index (χ0) is 12.3. The lowest BCUT2D eigenvalue weighted by Gasteiger charge is -2.16. The van der Waals surface area contributed by atoms with Gasteiger partial charge in [0.05, 0.1) is 12.1 Å². The second kappa shape index (κ2) is 4.71. The van der Waals surface area contributed by atoms with Gasteiger partial charge in [-0.2, -0.15) is 0 Å². The summed E-state index contributed by atoms with van der Waals surface area (Å²) in [5.74, 6) is -0.346. The molecule has 0 unspecified atom stereocenters. The largest absolute Gasteiger partial charge is 0.573 e. The number of nitrogens with two attached hydrogens (primary N) is 1. The molecule has 1 rings (SSSR count). The summed E-state index contributed by atoms with van der Waals surface area (Å²) in [6.45, 7) is 1.46. The van der Waals surface area contributed by atoms with Crippen molar-refractivity contribution in [1.29, 1.82) is 0 Å². The van der Waals surface area contributed by atoms with E-state index in [0.717, 1.165) is 6.07 Å². The Hall–Kier alpha value is -1.27. The summed E-state index contributed by atoms with van der Waals surface area (Å²) in [5, 5.41) is 9.21. The van der Waals surface area contributed by atoms with Crippen LogP contribution in [0.2, 0.25) is 0 Å². The van der Waals surface area contributed by atoms with Gasteiger partial charge < -0.3 is 15.6 Å². The first-order valence-electron chi connectivity index (χ1n) is 4.59. The predicted octanol–water partition coefficient (Wildman–Crippen LogP) is 1.97. The Morgan fingerprint density at radius 2 is 2.00 bits per heavy atom. The van der Waals surface area contributed by atoms with E-state index >= 15 is 0 Å². The molecule has 1 aromatic rings. The van der Waals surface area contributed by atoms with E-state index in [-0.39, 0.29) is 5.75 Å². The predicted molar refractivity (Wildman–Crippen MR) is 51.7 cm³/mol. The first kappa shape index (κ1) is 12.8. The van der Waals surface area contributed by atoms with Crippen molar-refractivity contribution in [3.05, 3.63) is 29.8 Å². The van der Waals surface area contributed by atoms with Crippen molar-refractivity contribution >= 4 is 0 Å². The normalized spacial score (nSPS) is 15.6. The molecule has 1 aromatic carbocycles. The number of ether oxygens (including phenoxy) is 1. The van der Waals surface area contributed by atoms with E-state index < -0.39 is 18.5 Å². The van der Waals surface area contributed by atoms with Gasteiger partial charge in [-0.25, -0.2) is 0 Å². The molecule has 0 spiro atoms. The van der Waals surface area contributed by atoms with Crippen LogP contribution < -0.4 is 10.5 Å². The molecule has 0 aliphatic rings. The Morgan fingerprint density at radius 3 is 2.50 bits per heavy atom. The van der Waals surface area contributed by atoms with E-state index in [9.17, 15) is 18.3 Å². The minimum absolute atomic E-state index is 0.346. The van der Waals surface area contributed by atoms with Gasteiger partial charge in [-0.15, -0.1) is 13.2 Å². The van der Waals surface area contributed by atoms with Crippen LogP contribution in [0.25, 0.3) is 0 Å². The highest BCUT2D eigenvalue weighted by atomic mass is 19.4. The van der Waals surface area contributed by atoms with Crippen LogP contribution in [0.5, 0.6) is 5.75 Å². The van der Waals surface area contributed by atoms with Crippen molar-refractivity contribution in [1.82, 2.24) is 0 Å². The lowest BCUT2D eigenvalue weighted by Crippen LogP contribution is -2.23. The van der Waals surface area contributed by atoms with Gasteiger partial charge >= 0.3 is 6.36 Å². The summed E-state index contributed by atoms with van der Waals surface area (Å²) in [7, 11) is 0. The molecule has 0 aliphatic heterocycles. The molecule has 0 fully saturated rings. The number of alkyl halides is 3. The number of aliphatic hydroxyl groups is 1. The zero-order valence-electron chi connectivity index (χ0n) is 8.53. The van der Waals surface area contributed by atoms with Crippen LogP contribution in [0.3, 0.4) is 0 Å². The quantitative estimate of drug-likeness (QED) is 0.842. The van der Waals surface area contributed by atoms with E-state index in [0.29, 0.717) is 5.56 Å². The van der Waals surface area contributed by atoms with Crippen molar-refractivity contribution in [2.45, 2.75) is 25.4 Å². The standard InChI is InChI=1S/C10H12F3NO2/c1-6(15)9(14)7-3-2-4-8(5-7)16-10(11,12)13/h2-6,9,15H,14H2,1H3/t6-,9+/m0/s1. The molecule has 90 valence electrons. The van der Waals surface area contributed by atoms with E-state index in [1.165, 1.54) is 25.1 Å². The molecular formula is C10H12F3NO2. The monoisotopic (exact) mass is 235 g/mol. The summed E-state index contributed by atoms with van der Waals surface area (Å²) >= 11 is 0. The van der Waals surface area contributed by atoms with Gasteiger partial charge in [-0.3, -0.25) is 0 Å². The van der Waals surface area contributed by atoms with Crippen molar-refractivity contribution in [3.63, 3.8) is 0 Å².